The maximum Gasteiger partial charge on any atom is 0.269 e. The number of nitrogens with zero attached hydrogens (tertiary/aromatic N) is 2. The number of hydrogen-bond donors (Lipinski definition) is 3. The molecule has 1 amide bonds. The molecule has 0 unspecified atom stereocenters. The van der Waals surface area contributed by atoms with E-state index in [1.165, 1.54) is 11.1 Å². The van der Waals surface area contributed by atoms with Crippen LogP contribution in [0.5, 0.6) is 0 Å². The first-order valence-electron chi connectivity index (χ1n) is 9.23. The third-order valence-electron chi connectivity index (χ3n) is 5.70. The summed E-state index contributed by atoms with van der Waals surface area (Å²) in [6.45, 7) is -0.536. The number of halogens is 4. The molecule has 0 spiro atoms. The zero-order valence-corrected chi connectivity index (χ0v) is 16.0. The van der Waals surface area contributed by atoms with Crippen molar-refractivity contribution in [3.63, 3.8) is 0 Å². The van der Waals surface area contributed by atoms with Gasteiger partial charge in [0.25, 0.3) is 17.8 Å². The van der Waals surface area contributed by atoms with Crippen LogP contribution in [0.3, 0.4) is 0 Å². The van der Waals surface area contributed by atoms with Gasteiger partial charge in [0, 0.05) is 54.0 Å². The van der Waals surface area contributed by atoms with Crippen LogP contribution in [0.25, 0.3) is 10.4 Å². The van der Waals surface area contributed by atoms with E-state index < -0.39 is 55.2 Å². The highest BCUT2D eigenvalue weighted by Crippen LogP contribution is 2.50. The lowest BCUT2D eigenvalue weighted by Gasteiger charge is -2.45. The van der Waals surface area contributed by atoms with Crippen molar-refractivity contribution >= 4 is 22.9 Å². The van der Waals surface area contributed by atoms with Gasteiger partial charge in [-0.3, -0.25) is 9.89 Å². The van der Waals surface area contributed by atoms with Crippen LogP contribution in [-0.2, 0) is 6.42 Å². The Hall–Kier alpha value is -2.14. The first-order chi connectivity index (χ1) is 13.5. The molecule has 0 saturated heterocycles. The summed E-state index contributed by atoms with van der Waals surface area (Å²) in [4.78, 5) is 15.2. The number of aromatic amines is 1. The molecule has 5 rings (SSSR count). The molecule has 3 aliphatic rings. The Bertz CT molecular complexity index is 967. The third-order valence-corrected chi connectivity index (χ3v) is 6.97. The Balaban J connectivity index is 1.50. The van der Waals surface area contributed by atoms with Gasteiger partial charge < -0.3 is 15.3 Å². The Morgan fingerprint density at radius 2 is 2.00 bits per heavy atom. The number of aliphatic hydroxyl groups is 1. The monoisotopic (exact) mass is 430 g/mol. The van der Waals surface area contributed by atoms with Crippen LogP contribution in [0.1, 0.15) is 34.5 Å². The van der Waals surface area contributed by atoms with Gasteiger partial charge in [-0.2, -0.15) is 5.10 Å². The predicted octanol–water partition coefficient (Wildman–Crippen LogP) is 2.80. The number of carbonyl (C=O) groups is 1. The molecule has 0 radical (unpaired) electrons. The zero-order valence-electron chi connectivity index (χ0n) is 15.1. The maximum absolute atomic E-state index is 14.5. The van der Waals surface area contributed by atoms with Crippen LogP contribution in [0.4, 0.5) is 23.2 Å². The van der Waals surface area contributed by atoms with Gasteiger partial charge in [0.15, 0.2) is 0 Å². The SMILES string of the molecule is O=C1N[C@@H](CC2(O)CC(F)(F)C2)CN2CC(F)(F)Cc3c(-c4cn[nH]c4)sc1c32. The molecule has 0 aromatic carbocycles. The van der Waals surface area contributed by atoms with E-state index in [4.69, 9.17) is 0 Å². The minimum Gasteiger partial charge on any atom is -0.389 e. The quantitative estimate of drug-likeness (QED) is 0.655. The van der Waals surface area contributed by atoms with Crippen LogP contribution in [0, 0.1) is 0 Å². The molecule has 4 heterocycles. The van der Waals surface area contributed by atoms with Crippen molar-refractivity contribution in [2.75, 3.05) is 18.0 Å². The molecule has 29 heavy (non-hydrogen) atoms. The number of hydrogen-bond acceptors (Lipinski definition) is 5. The van der Waals surface area contributed by atoms with E-state index in [0.29, 0.717) is 26.6 Å². The fourth-order valence-corrected chi connectivity index (χ4v) is 5.96. The highest BCUT2D eigenvalue weighted by molar-refractivity contribution is 7.18. The first-order valence-corrected chi connectivity index (χ1v) is 10.0. The minimum absolute atomic E-state index is 0.0246. The van der Waals surface area contributed by atoms with Crippen LogP contribution < -0.4 is 10.2 Å². The van der Waals surface area contributed by atoms with Crippen molar-refractivity contribution in [1.29, 1.82) is 0 Å². The molecule has 0 bridgehead atoms. The number of amides is 1. The number of carbonyl (C=O) groups excluding carboxylic acids is 1. The van der Waals surface area contributed by atoms with Crippen molar-refractivity contribution < 1.29 is 27.5 Å². The van der Waals surface area contributed by atoms with Crippen LogP contribution >= 0.6 is 11.3 Å². The average Bonchev–Trinajstić information content (AvgIpc) is 3.15. The smallest absolute Gasteiger partial charge is 0.269 e. The van der Waals surface area contributed by atoms with E-state index in [2.05, 4.69) is 15.5 Å². The molecule has 1 saturated carbocycles. The van der Waals surface area contributed by atoms with Gasteiger partial charge in [0.1, 0.15) is 4.88 Å². The van der Waals surface area contributed by atoms with Crippen LogP contribution in [-0.4, -0.2) is 57.8 Å². The molecule has 3 N–H and O–H groups in total. The van der Waals surface area contributed by atoms with Crippen molar-refractivity contribution in [2.45, 2.75) is 49.2 Å². The summed E-state index contributed by atoms with van der Waals surface area (Å²) in [5.41, 5.74) is -0.0936. The normalized spacial score (nSPS) is 26.3. The highest BCUT2D eigenvalue weighted by atomic mass is 32.1. The van der Waals surface area contributed by atoms with Gasteiger partial charge in [-0.05, 0) is 6.42 Å². The van der Waals surface area contributed by atoms with Crippen LogP contribution in [0.2, 0.25) is 0 Å². The summed E-state index contributed by atoms with van der Waals surface area (Å²) in [5.74, 6) is -6.36. The van der Waals surface area contributed by atoms with E-state index in [9.17, 15) is 27.5 Å². The molecule has 6 nitrogen and oxygen atoms in total. The fraction of sp³-hybridized carbons (Fsp3) is 0.556. The molecule has 2 aromatic rings. The summed E-state index contributed by atoms with van der Waals surface area (Å²) in [6.07, 6.45) is 1.16. The number of alkyl halides is 4. The van der Waals surface area contributed by atoms with E-state index in [0.717, 1.165) is 11.3 Å². The van der Waals surface area contributed by atoms with Gasteiger partial charge in [0.05, 0.1) is 24.0 Å². The lowest BCUT2D eigenvalue weighted by molar-refractivity contribution is -0.208. The zero-order chi connectivity index (χ0) is 20.6. The van der Waals surface area contributed by atoms with Crippen molar-refractivity contribution in [3.05, 3.63) is 22.8 Å². The topological polar surface area (TPSA) is 81.2 Å². The fourth-order valence-electron chi connectivity index (χ4n) is 4.74. The lowest BCUT2D eigenvalue weighted by Crippen LogP contribution is -2.57. The molecule has 1 aliphatic carbocycles. The van der Waals surface area contributed by atoms with Gasteiger partial charge in [-0.25, -0.2) is 17.6 Å². The van der Waals surface area contributed by atoms with E-state index in [1.54, 1.807) is 6.20 Å². The van der Waals surface area contributed by atoms with Crippen molar-refractivity contribution in [3.8, 4) is 10.4 Å². The Kier molecular flexibility index (Phi) is 3.86. The summed E-state index contributed by atoms with van der Waals surface area (Å²) < 4.78 is 55.5. The molecule has 1 atom stereocenters. The van der Waals surface area contributed by atoms with E-state index >= 15 is 0 Å². The Morgan fingerprint density at radius 3 is 2.66 bits per heavy atom. The standard InChI is InChI=1S/C18H18F4N4O2S/c19-17(20)2-11-12-14(29-13(11)9-3-23-24-4-9)15(27)25-10(5-26(12)8-17)1-16(28)6-18(21,22)7-16/h3-4,10,28H,1-2,5-8H2,(H,23,24)(H,25,27)/t10-/m0/s1. The third kappa shape index (κ3) is 3.20. The summed E-state index contributed by atoms with van der Waals surface area (Å²) in [5, 5.41) is 19.6. The van der Waals surface area contributed by atoms with Gasteiger partial charge in [-0.1, -0.05) is 0 Å². The van der Waals surface area contributed by atoms with Gasteiger partial charge in [-0.15, -0.1) is 11.3 Å². The molecule has 1 fully saturated rings. The second kappa shape index (κ2) is 5.94. The largest absolute Gasteiger partial charge is 0.389 e. The summed E-state index contributed by atoms with van der Waals surface area (Å²) in [7, 11) is 0. The Labute approximate surface area is 166 Å². The van der Waals surface area contributed by atoms with Crippen molar-refractivity contribution in [2.24, 2.45) is 0 Å². The lowest BCUT2D eigenvalue weighted by atomic mass is 9.73. The van der Waals surface area contributed by atoms with E-state index in [-0.39, 0.29) is 13.0 Å². The predicted molar refractivity (Wildman–Crippen MR) is 97.8 cm³/mol. The number of thiophene rings is 1. The molecular formula is C18H18F4N4O2S. The second-order valence-electron chi connectivity index (χ2n) is 8.30. The van der Waals surface area contributed by atoms with Crippen LogP contribution in [0.15, 0.2) is 12.4 Å². The molecule has 11 heteroatoms. The number of nitrogens with one attached hydrogen (secondary N) is 2. The highest BCUT2D eigenvalue weighted by Gasteiger charge is 2.57. The number of rotatable bonds is 3. The minimum atomic E-state index is -3.00. The molecular weight excluding hydrogens is 412 g/mol. The summed E-state index contributed by atoms with van der Waals surface area (Å²) in [6, 6.07) is -0.706. The average molecular weight is 430 g/mol. The molecule has 156 valence electrons. The maximum atomic E-state index is 14.5. The number of aromatic nitrogens is 2. The second-order valence-corrected chi connectivity index (χ2v) is 9.32. The number of H-pyrrole nitrogens is 1. The first kappa shape index (κ1) is 18.9. The summed E-state index contributed by atoms with van der Waals surface area (Å²) >= 11 is 1.12. The van der Waals surface area contributed by atoms with Crippen molar-refractivity contribution in [1.82, 2.24) is 15.5 Å². The Morgan fingerprint density at radius 1 is 1.24 bits per heavy atom. The molecule has 2 aliphatic heterocycles. The van der Waals surface area contributed by atoms with Gasteiger partial charge >= 0.3 is 0 Å². The molecule has 2 aromatic heterocycles. The van der Waals surface area contributed by atoms with Gasteiger partial charge in [0.2, 0.25) is 0 Å². The van der Waals surface area contributed by atoms with E-state index in [1.807, 2.05) is 0 Å². The number of anilines is 1.